The first-order valence-corrected chi connectivity index (χ1v) is 8.41. The normalized spacial score (nSPS) is 13.1. The first-order valence-electron chi connectivity index (χ1n) is 8.41. The molecule has 0 atom stereocenters. The SMILES string of the molecule is CNC(C)(C)CCNCCN(CC[NH2+]C)C(C)(C)CCN. The Bertz CT molecular complexity index is 253. The van der Waals surface area contributed by atoms with Crippen LogP contribution in [0.2, 0.25) is 0 Å². The van der Waals surface area contributed by atoms with E-state index in [1.807, 2.05) is 7.05 Å². The van der Waals surface area contributed by atoms with Crippen molar-refractivity contribution in [3.63, 3.8) is 0 Å². The smallest absolute Gasteiger partial charge is 0.0882 e. The van der Waals surface area contributed by atoms with Gasteiger partial charge in [-0.15, -0.1) is 0 Å². The predicted octanol–water partition coefficient (Wildman–Crippen LogP) is -0.413. The van der Waals surface area contributed by atoms with Gasteiger partial charge in [-0.3, -0.25) is 4.90 Å². The van der Waals surface area contributed by atoms with Gasteiger partial charge in [0.05, 0.1) is 13.6 Å². The van der Waals surface area contributed by atoms with Gasteiger partial charge in [-0.2, -0.15) is 0 Å². The Morgan fingerprint density at radius 3 is 2.24 bits per heavy atom. The molecule has 0 radical (unpaired) electrons. The van der Waals surface area contributed by atoms with Gasteiger partial charge in [0.25, 0.3) is 0 Å². The monoisotopic (exact) mass is 302 g/mol. The van der Waals surface area contributed by atoms with Gasteiger partial charge in [0.1, 0.15) is 0 Å². The van der Waals surface area contributed by atoms with Gasteiger partial charge in [-0.05, 0) is 60.7 Å². The molecule has 0 aromatic heterocycles. The van der Waals surface area contributed by atoms with E-state index < -0.39 is 0 Å². The third-order valence-electron chi connectivity index (χ3n) is 4.46. The van der Waals surface area contributed by atoms with Crippen LogP contribution in [0.3, 0.4) is 0 Å². The molecule has 0 rings (SSSR count). The van der Waals surface area contributed by atoms with Crippen LogP contribution in [0.15, 0.2) is 0 Å². The number of likely N-dealkylation sites (N-methyl/N-ethyl adjacent to an activating group) is 1. The largest absolute Gasteiger partial charge is 0.348 e. The van der Waals surface area contributed by atoms with Crippen LogP contribution in [0.4, 0.5) is 0 Å². The lowest BCUT2D eigenvalue weighted by Crippen LogP contribution is -2.81. The van der Waals surface area contributed by atoms with Gasteiger partial charge >= 0.3 is 0 Å². The molecule has 0 heterocycles. The van der Waals surface area contributed by atoms with Crippen LogP contribution in [0, 0.1) is 0 Å². The molecular weight excluding hydrogens is 262 g/mol. The summed E-state index contributed by atoms with van der Waals surface area (Å²) in [6.45, 7) is 15.3. The lowest BCUT2D eigenvalue weighted by Gasteiger charge is -2.38. The summed E-state index contributed by atoms with van der Waals surface area (Å²) in [6, 6.07) is 0. The Labute approximate surface area is 132 Å². The van der Waals surface area contributed by atoms with Crippen LogP contribution in [0.5, 0.6) is 0 Å². The minimum atomic E-state index is 0.184. The summed E-state index contributed by atoms with van der Waals surface area (Å²) in [4.78, 5) is 2.57. The molecule has 0 aliphatic carbocycles. The molecule has 21 heavy (non-hydrogen) atoms. The van der Waals surface area contributed by atoms with E-state index in [2.05, 4.69) is 55.6 Å². The van der Waals surface area contributed by atoms with Crippen molar-refractivity contribution in [2.75, 3.05) is 53.4 Å². The van der Waals surface area contributed by atoms with E-state index in [1.165, 1.54) is 0 Å². The van der Waals surface area contributed by atoms with Crippen molar-refractivity contribution in [3.8, 4) is 0 Å². The fraction of sp³-hybridized carbons (Fsp3) is 1.00. The van der Waals surface area contributed by atoms with Crippen LogP contribution in [0.25, 0.3) is 0 Å². The minimum absolute atomic E-state index is 0.184. The number of rotatable bonds is 13. The molecule has 0 aromatic carbocycles. The molecule has 0 amide bonds. The maximum absolute atomic E-state index is 5.76. The summed E-state index contributed by atoms with van der Waals surface area (Å²) in [7, 11) is 4.16. The highest BCUT2D eigenvalue weighted by atomic mass is 15.2. The highest BCUT2D eigenvalue weighted by Crippen LogP contribution is 2.17. The highest BCUT2D eigenvalue weighted by Gasteiger charge is 2.25. The van der Waals surface area contributed by atoms with Crippen molar-refractivity contribution >= 4 is 0 Å². The third-order valence-corrected chi connectivity index (χ3v) is 4.46. The van der Waals surface area contributed by atoms with E-state index in [4.69, 9.17) is 5.73 Å². The number of nitrogens with two attached hydrogens (primary N) is 2. The fourth-order valence-electron chi connectivity index (χ4n) is 2.38. The average molecular weight is 303 g/mol. The van der Waals surface area contributed by atoms with Crippen LogP contribution in [-0.2, 0) is 0 Å². The van der Waals surface area contributed by atoms with E-state index in [9.17, 15) is 0 Å². The predicted molar refractivity (Wildman–Crippen MR) is 92.7 cm³/mol. The van der Waals surface area contributed by atoms with E-state index in [1.54, 1.807) is 0 Å². The van der Waals surface area contributed by atoms with Crippen LogP contribution < -0.4 is 21.7 Å². The Hall–Kier alpha value is -0.200. The summed E-state index contributed by atoms with van der Waals surface area (Å²) in [5.41, 5.74) is 6.16. The van der Waals surface area contributed by atoms with E-state index in [-0.39, 0.29) is 11.1 Å². The number of hydrogen-bond donors (Lipinski definition) is 4. The Morgan fingerprint density at radius 1 is 1.05 bits per heavy atom. The number of quaternary nitrogens is 1. The number of nitrogens with one attached hydrogen (secondary N) is 2. The molecule has 0 bridgehead atoms. The molecule has 5 heteroatoms. The molecule has 0 aliphatic rings. The molecule has 5 nitrogen and oxygen atoms in total. The molecule has 6 N–H and O–H groups in total. The zero-order valence-corrected chi connectivity index (χ0v) is 15.3. The van der Waals surface area contributed by atoms with Gasteiger partial charge in [0.15, 0.2) is 0 Å². The molecular formula is C16H40N5+. The van der Waals surface area contributed by atoms with Crippen LogP contribution >= 0.6 is 0 Å². The lowest BCUT2D eigenvalue weighted by atomic mass is 9.98. The Morgan fingerprint density at radius 2 is 1.71 bits per heavy atom. The van der Waals surface area contributed by atoms with Crippen molar-refractivity contribution < 1.29 is 5.32 Å². The molecule has 0 fully saturated rings. The Kier molecular flexibility index (Phi) is 10.4. The molecule has 0 aromatic rings. The summed E-state index contributed by atoms with van der Waals surface area (Å²) in [5, 5.41) is 9.16. The van der Waals surface area contributed by atoms with Gasteiger partial charge in [-0.25, -0.2) is 0 Å². The van der Waals surface area contributed by atoms with Gasteiger partial charge in [-0.1, -0.05) is 0 Å². The van der Waals surface area contributed by atoms with Crippen molar-refractivity contribution in [1.29, 1.82) is 0 Å². The lowest BCUT2D eigenvalue weighted by molar-refractivity contribution is -0.626. The van der Waals surface area contributed by atoms with E-state index in [0.717, 1.165) is 52.1 Å². The fourth-order valence-corrected chi connectivity index (χ4v) is 2.38. The maximum atomic E-state index is 5.76. The number of hydrogen-bond acceptors (Lipinski definition) is 4. The summed E-state index contributed by atoms with van der Waals surface area (Å²) >= 11 is 0. The first kappa shape index (κ1) is 20.8. The minimum Gasteiger partial charge on any atom is -0.348 e. The summed E-state index contributed by atoms with van der Waals surface area (Å²) in [5.74, 6) is 0. The second-order valence-corrected chi connectivity index (χ2v) is 7.17. The summed E-state index contributed by atoms with van der Waals surface area (Å²) < 4.78 is 0. The zero-order chi connectivity index (χ0) is 16.4. The standard InChI is InChI=1S/C16H39N5/c1-15(2,19-6)8-10-20-12-14-21(13-11-18-5)16(3,4)7-9-17/h18-20H,7-14,17H2,1-6H3/p+1. The maximum Gasteiger partial charge on any atom is 0.0882 e. The second-order valence-electron chi connectivity index (χ2n) is 7.17. The van der Waals surface area contributed by atoms with Crippen LogP contribution in [-0.4, -0.2) is 69.3 Å². The second kappa shape index (κ2) is 10.5. The summed E-state index contributed by atoms with van der Waals surface area (Å²) in [6.07, 6.45) is 2.18. The van der Waals surface area contributed by atoms with Gasteiger partial charge in [0, 0.05) is 30.7 Å². The number of nitrogens with zero attached hydrogens (tertiary/aromatic N) is 1. The topological polar surface area (TPSA) is 69.9 Å². The molecule has 0 saturated heterocycles. The van der Waals surface area contributed by atoms with Crippen molar-refractivity contribution in [3.05, 3.63) is 0 Å². The van der Waals surface area contributed by atoms with E-state index >= 15 is 0 Å². The zero-order valence-electron chi connectivity index (χ0n) is 15.3. The molecule has 128 valence electrons. The molecule has 0 spiro atoms. The molecule has 0 aliphatic heterocycles. The van der Waals surface area contributed by atoms with E-state index in [0.29, 0.717) is 0 Å². The quantitative estimate of drug-likeness (QED) is 0.349. The van der Waals surface area contributed by atoms with Crippen molar-refractivity contribution in [2.45, 2.75) is 51.6 Å². The third kappa shape index (κ3) is 9.42. The molecule has 0 saturated carbocycles. The first-order chi connectivity index (χ1) is 9.79. The van der Waals surface area contributed by atoms with Crippen LogP contribution in [0.1, 0.15) is 40.5 Å². The highest BCUT2D eigenvalue weighted by molar-refractivity contribution is 4.82. The van der Waals surface area contributed by atoms with Gasteiger partial charge < -0.3 is 21.7 Å². The van der Waals surface area contributed by atoms with Crippen molar-refractivity contribution in [1.82, 2.24) is 15.5 Å². The average Bonchev–Trinajstić information content (AvgIpc) is 2.41. The van der Waals surface area contributed by atoms with Gasteiger partial charge in [0.2, 0.25) is 0 Å². The Balaban J connectivity index is 4.13. The molecule has 0 unspecified atom stereocenters. The van der Waals surface area contributed by atoms with Crippen molar-refractivity contribution in [2.24, 2.45) is 5.73 Å².